The highest BCUT2D eigenvalue weighted by atomic mass is 19.4. The third kappa shape index (κ3) is 3.44. The van der Waals surface area contributed by atoms with Gasteiger partial charge >= 0.3 is 6.18 Å². The van der Waals surface area contributed by atoms with Gasteiger partial charge in [0, 0.05) is 17.8 Å². The molecule has 0 saturated heterocycles. The number of alkyl halides is 3. The second kappa shape index (κ2) is 5.89. The summed E-state index contributed by atoms with van der Waals surface area (Å²) < 4.78 is 40.0. The van der Waals surface area contributed by atoms with E-state index in [0.717, 1.165) is 18.2 Å². The summed E-state index contributed by atoms with van der Waals surface area (Å²) in [5, 5.41) is 0. The molecule has 0 amide bonds. The lowest BCUT2D eigenvalue weighted by molar-refractivity contribution is -0.140. The third-order valence-corrected chi connectivity index (χ3v) is 3.22. The number of hydrogen-bond donors (Lipinski definition) is 1. The Labute approximate surface area is 121 Å². The first-order chi connectivity index (χ1) is 9.82. The molecule has 6 heteroatoms. The summed E-state index contributed by atoms with van der Waals surface area (Å²) in [6.07, 6.45) is -2.63. The fourth-order valence-corrected chi connectivity index (χ4v) is 2.12. The minimum Gasteiger partial charge on any atom is -0.330 e. The largest absolute Gasteiger partial charge is 0.434 e. The molecule has 0 atom stereocenters. The molecular weight excluding hydrogens is 279 g/mol. The van der Waals surface area contributed by atoms with E-state index in [1.165, 1.54) is 0 Å². The van der Waals surface area contributed by atoms with Gasteiger partial charge < -0.3 is 10.3 Å². The van der Waals surface area contributed by atoms with Gasteiger partial charge in [-0.1, -0.05) is 24.3 Å². The minimum atomic E-state index is -4.44. The summed E-state index contributed by atoms with van der Waals surface area (Å²) in [5.74, 6) is 0.330. The monoisotopic (exact) mass is 297 g/mol. The predicted molar refractivity (Wildman–Crippen MR) is 75.8 cm³/mol. The van der Waals surface area contributed by atoms with Gasteiger partial charge in [0.1, 0.15) is 5.82 Å². The van der Waals surface area contributed by atoms with Gasteiger partial charge in [0.15, 0.2) is 5.69 Å². The average Bonchev–Trinajstić information content (AvgIpc) is 2.85. The molecule has 1 aromatic heterocycles. The van der Waals surface area contributed by atoms with E-state index in [0.29, 0.717) is 17.9 Å². The Morgan fingerprint density at radius 1 is 1.19 bits per heavy atom. The van der Waals surface area contributed by atoms with E-state index >= 15 is 0 Å². The van der Waals surface area contributed by atoms with Crippen LogP contribution in [-0.2, 0) is 12.6 Å². The molecule has 0 saturated carbocycles. The number of nitrogens with two attached hydrogens (primary N) is 1. The quantitative estimate of drug-likeness (QED) is 0.936. The second-order valence-electron chi connectivity index (χ2n) is 5.18. The Hall–Kier alpha value is -1.82. The maximum absolute atomic E-state index is 12.8. The molecule has 0 bridgehead atoms. The molecule has 0 radical (unpaired) electrons. The summed E-state index contributed by atoms with van der Waals surface area (Å²) in [6, 6.07) is 7.20. The Balaban J connectivity index is 2.44. The minimum absolute atomic E-state index is 0.104. The van der Waals surface area contributed by atoms with Crippen LogP contribution in [0.15, 0.2) is 30.5 Å². The fraction of sp³-hybridized carbons (Fsp3) is 0.400. The van der Waals surface area contributed by atoms with Crippen LogP contribution >= 0.6 is 0 Å². The molecular formula is C15H18F3N3. The van der Waals surface area contributed by atoms with Crippen LogP contribution in [0, 0.1) is 0 Å². The molecule has 114 valence electrons. The van der Waals surface area contributed by atoms with Crippen molar-refractivity contribution in [3.63, 3.8) is 0 Å². The van der Waals surface area contributed by atoms with Crippen LogP contribution in [-0.4, -0.2) is 16.1 Å². The Morgan fingerprint density at radius 2 is 1.81 bits per heavy atom. The maximum Gasteiger partial charge on any atom is 0.434 e. The van der Waals surface area contributed by atoms with Crippen molar-refractivity contribution in [3.05, 3.63) is 41.7 Å². The van der Waals surface area contributed by atoms with Crippen LogP contribution in [0.4, 0.5) is 13.2 Å². The Morgan fingerprint density at radius 3 is 2.29 bits per heavy atom. The van der Waals surface area contributed by atoms with Crippen molar-refractivity contribution < 1.29 is 13.2 Å². The number of benzene rings is 1. The summed E-state index contributed by atoms with van der Waals surface area (Å²) in [6.45, 7) is 4.19. The first kappa shape index (κ1) is 15.6. The summed E-state index contributed by atoms with van der Waals surface area (Å²) >= 11 is 0. The summed E-state index contributed by atoms with van der Waals surface area (Å²) in [5.41, 5.74) is 6.34. The van der Waals surface area contributed by atoms with E-state index in [4.69, 9.17) is 5.73 Å². The number of imidazole rings is 1. The number of nitrogens with zero attached hydrogens (tertiary/aromatic N) is 2. The number of halogens is 3. The first-order valence-electron chi connectivity index (χ1n) is 6.78. The SMILES string of the molecule is CC(C)n1cc(C(F)(F)F)nc1-c1ccc(CCN)cc1. The van der Waals surface area contributed by atoms with E-state index in [1.54, 1.807) is 16.7 Å². The van der Waals surface area contributed by atoms with Gasteiger partial charge in [0.2, 0.25) is 0 Å². The van der Waals surface area contributed by atoms with Crippen molar-refractivity contribution in [3.8, 4) is 11.4 Å². The lowest BCUT2D eigenvalue weighted by atomic mass is 10.1. The van der Waals surface area contributed by atoms with Gasteiger partial charge in [-0.2, -0.15) is 13.2 Å². The van der Waals surface area contributed by atoms with E-state index in [-0.39, 0.29) is 6.04 Å². The molecule has 2 aromatic rings. The highest BCUT2D eigenvalue weighted by Crippen LogP contribution is 2.32. The number of hydrogen-bond acceptors (Lipinski definition) is 2. The Kier molecular flexibility index (Phi) is 4.37. The van der Waals surface area contributed by atoms with Crippen LogP contribution in [0.25, 0.3) is 11.4 Å². The van der Waals surface area contributed by atoms with Crippen molar-refractivity contribution in [2.45, 2.75) is 32.5 Å². The number of rotatable bonds is 4. The first-order valence-corrected chi connectivity index (χ1v) is 6.78. The standard InChI is InChI=1S/C15H18F3N3/c1-10(2)21-9-13(15(16,17)18)20-14(21)12-5-3-11(4-6-12)7-8-19/h3-6,9-10H,7-8,19H2,1-2H3. The number of aromatic nitrogens is 2. The van der Waals surface area contributed by atoms with Crippen molar-refractivity contribution in [2.24, 2.45) is 5.73 Å². The van der Waals surface area contributed by atoms with Gasteiger partial charge in [-0.3, -0.25) is 0 Å². The molecule has 3 nitrogen and oxygen atoms in total. The topological polar surface area (TPSA) is 43.8 Å². The molecule has 2 N–H and O–H groups in total. The molecule has 1 aromatic carbocycles. The normalized spacial score (nSPS) is 12.1. The molecule has 0 fully saturated rings. The van der Waals surface area contributed by atoms with Gasteiger partial charge in [0.05, 0.1) is 0 Å². The van der Waals surface area contributed by atoms with E-state index in [1.807, 2.05) is 26.0 Å². The molecule has 0 unspecified atom stereocenters. The van der Waals surface area contributed by atoms with E-state index in [9.17, 15) is 13.2 Å². The molecule has 0 aliphatic carbocycles. The van der Waals surface area contributed by atoms with E-state index < -0.39 is 11.9 Å². The molecule has 1 heterocycles. The van der Waals surface area contributed by atoms with Crippen LogP contribution in [0.2, 0.25) is 0 Å². The Bertz CT molecular complexity index is 598. The molecule has 0 aliphatic heterocycles. The molecule has 0 aliphatic rings. The van der Waals surface area contributed by atoms with Crippen LogP contribution < -0.4 is 5.73 Å². The van der Waals surface area contributed by atoms with Gasteiger partial charge in [-0.15, -0.1) is 0 Å². The fourth-order valence-electron chi connectivity index (χ4n) is 2.12. The predicted octanol–water partition coefficient (Wildman–Crippen LogP) is 3.65. The van der Waals surface area contributed by atoms with Gasteiger partial charge in [-0.25, -0.2) is 4.98 Å². The molecule has 2 rings (SSSR count). The van der Waals surface area contributed by atoms with Crippen LogP contribution in [0.1, 0.15) is 31.1 Å². The zero-order valence-corrected chi connectivity index (χ0v) is 12.0. The lowest BCUT2D eigenvalue weighted by Crippen LogP contribution is -2.05. The molecule has 21 heavy (non-hydrogen) atoms. The van der Waals surface area contributed by atoms with Gasteiger partial charge in [-0.05, 0) is 32.4 Å². The van der Waals surface area contributed by atoms with Crippen LogP contribution in [0.5, 0.6) is 0 Å². The van der Waals surface area contributed by atoms with Crippen molar-refractivity contribution >= 4 is 0 Å². The van der Waals surface area contributed by atoms with Crippen molar-refractivity contribution in [2.75, 3.05) is 6.54 Å². The third-order valence-electron chi connectivity index (χ3n) is 3.22. The highest BCUT2D eigenvalue weighted by molar-refractivity contribution is 5.57. The zero-order chi connectivity index (χ0) is 15.6. The second-order valence-corrected chi connectivity index (χ2v) is 5.18. The zero-order valence-electron chi connectivity index (χ0n) is 12.0. The average molecular weight is 297 g/mol. The van der Waals surface area contributed by atoms with Gasteiger partial charge in [0.25, 0.3) is 0 Å². The summed E-state index contributed by atoms with van der Waals surface area (Å²) in [4.78, 5) is 3.76. The van der Waals surface area contributed by atoms with Crippen LogP contribution in [0.3, 0.4) is 0 Å². The van der Waals surface area contributed by atoms with E-state index in [2.05, 4.69) is 4.98 Å². The summed E-state index contributed by atoms with van der Waals surface area (Å²) in [7, 11) is 0. The lowest BCUT2D eigenvalue weighted by Gasteiger charge is -2.11. The molecule has 0 spiro atoms. The maximum atomic E-state index is 12.8. The van der Waals surface area contributed by atoms with Crippen molar-refractivity contribution in [1.82, 2.24) is 9.55 Å². The van der Waals surface area contributed by atoms with Crippen molar-refractivity contribution in [1.29, 1.82) is 0 Å². The smallest absolute Gasteiger partial charge is 0.330 e. The highest BCUT2D eigenvalue weighted by Gasteiger charge is 2.35.